The largest absolute Gasteiger partial charge is 0.355 e. The summed E-state index contributed by atoms with van der Waals surface area (Å²) in [5, 5.41) is 13.8. The van der Waals surface area contributed by atoms with Crippen molar-refractivity contribution in [3.63, 3.8) is 0 Å². The van der Waals surface area contributed by atoms with E-state index in [0.717, 1.165) is 31.2 Å². The van der Waals surface area contributed by atoms with Gasteiger partial charge in [-0.05, 0) is 23.6 Å². The molecule has 0 unspecified atom stereocenters. The molecular formula is C19H23N3O3. The molecule has 0 aliphatic heterocycles. The molecule has 1 heterocycles. The number of unbranched alkanes of at least 4 members (excludes halogenated alkanes) is 3. The van der Waals surface area contributed by atoms with Crippen LogP contribution in [0.3, 0.4) is 0 Å². The molecule has 0 saturated heterocycles. The highest BCUT2D eigenvalue weighted by atomic mass is 16.6. The van der Waals surface area contributed by atoms with E-state index in [0.29, 0.717) is 12.1 Å². The number of hydrogen-bond acceptors (Lipinski definition) is 4. The molecule has 6 nitrogen and oxygen atoms in total. The Morgan fingerprint density at radius 2 is 1.92 bits per heavy atom. The van der Waals surface area contributed by atoms with Gasteiger partial charge in [0.25, 0.3) is 5.69 Å². The topological polar surface area (TPSA) is 85.1 Å². The van der Waals surface area contributed by atoms with Gasteiger partial charge in [-0.15, -0.1) is 0 Å². The van der Waals surface area contributed by atoms with E-state index in [-0.39, 0.29) is 11.6 Å². The maximum atomic E-state index is 12.7. The molecule has 0 aliphatic rings. The summed E-state index contributed by atoms with van der Waals surface area (Å²) < 4.78 is 0. The first kappa shape index (κ1) is 18.6. The zero-order valence-corrected chi connectivity index (χ0v) is 14.4. The minimum Gasteiger partial charge on any atom is -0.355 e. The average Bonchev–Trinajstić information content (AvgIpc) is 2.63. The number of nitro groups is 1. The van der Waals surface area contributed by atoms with Crippen LogP contribution in [-0.2, 0) is 4.79 Å². The van der Waals surface area contributed by atoms with Crippen molar-refractivity contribution in [1.29, 1.82) is 0 Å². The molecule has 1 aromatic carbocycles. The molecule has 0 spiro atoms. The molecule has 1 amide bonds. The number of carbonyl (C=O) groups is 1. The van der Waals surface area contributed by atoms with E-state index in [2.05, 4.69) is 17.2 Å². The number of nitrogens with one attached hydrogen (secondary N) is 1. The van der Waals surface area contributed by atoms with Gasteiger partial charge >= 0.3 is 0 Å². The van der Waals surface area contributed by atoms with Crippen LogP contribution in [-0.4, -0.2) is 22.4 Å². The second-order valence-electron chi connectivity index (χ2n) is 5.92. The quantitative estimate of drug-likeness (QED) is 0.427. The number of amides is 1. The lowest BCUT2D eigenvalue weighted by atomic mass is 9.91. The fourth-order valence-electron chi connectivity index (χ4n) is 2.70. The van der Waals surface area contributed by atoms with Crippen LogP contribution in [0.15, 0.2) is 48.8 Å². The summed E-state index contributed by atoms with van der Waals surface area (Å²) in [6.45, 7) is 2.77. The van der Waals surface area contributed by atoms with Crippen molar-refractivity contribution in [2.24, 2.45) is 0 Å². The third-order valence-corrected chi connectivity index (χ3v) is 4.05. The van der Waals surface area contributed by atoms with Crippen LogP contribution < -0.4 is 5.32 Å². The molecule has 1 N–H and O–H groups in total. The number of hydrogen-bond donors (Lipinski definition) is 1. The van der Waals surface area contributed by atoms with Crippen LogP contribution in [0.4, 0.5) is 5.69 Å². The van der Waals surface area contributed by atoms with Crippen LogP contribution in [0, 0.1) is 10.1 Å². The van der Waals surface area contributed by atoms with Crippen LogP contribution >= 0.6 is 0 Å². The van der Waals surface area contributed by atoms with Crippen molar-refractivity contribution in [3.8, 4) is 0 Å². The van der Waals surface area contributed by atoms with Crippen molar-refractivity contribution < 1.29 is 9.72 Å². The molecule has 0 saturated carbocycles. The first-order valence-electron chi connectivity index (χ1n) is 8.55. The molecule has 2 aromatic rings. The average molecular weight is 341 g/mol. The number of pyridine rings is 1. The zero-order valence-electron chi connectivity index (χ0n) is 14.4. The van der Waals surface area contributed by atoms with Gasteiger partial charge in [-0.2, -0.15) is 0 Å². The highest BCUT2D eigenvalue weighted by Crippen LogP contribution is 2.26. The van der Waals surface area contributed by atoms with E-state index in [9.17, 15) is 14.9 Å². The summed E-state index contributed by atoms with van der Waals surface area (Å²) in [6.07, 6.45) is 7.65. The number of nitrogens with zero attached hydrogens (tertiary/aromatic N) is 2. The third-order valence-electron chi connectivity index (χ3n) is 4.05. The Morgan fingerprint density at radius 3 is 2.52 bits per heavy atom. The van der Waals surface area contributed by atoms with Crippen LogP contribution in [0.1, 0.15) is 49.7 Å². The van der Waals surface area contributed by atoms with Gasteiger partial charge in [0.2, 0.25) is 5.91 Å². The summed E-state index contributed by atoms with van der Waals surface area (Å²) >= 11 is 0. The zero-order chi connectivity index (χ0) is 18.1. The van der Waals surface area contributed by atoms with E-state index in [1.165, 1.54) is 12.1 Å². The second-order valence-corrected chi connectivity index (χ2v) is 5.92. The second kappa shape index (κ2) is 9.52. The van der Waals surface area contributed by atoms with Crippen LogP contribution in [0.5, 0.6) is 0 Å². The van der Waals surface area contributed by atoms with Crippen molar-refractivity contribution in [1.82, 2.24) is 10.3 Å². The van der Waals surface area contributed by atoms with Gasteiger partial charge in [0, 0.05) is 31.1 Å². The first-order valence-corrected chi connectivity index (χ1v) is 8.55. The Balaban J connectivity index is 2.16. The standard InChI is InChI=1S/C19H23N3O3/c1-2-3-4-5-13-21-19(23)18(16-7-6-12-20-14-16)15-8-10-17(11-9-15)22(24)25/h6-12,14,18H,2-5,13H2,1H3,(H,21,23)/t18-/m1/s1. The lowest BCUT2D eigenvalue weighted by Gasteiger charge is -2.17. The monoisotopic (exact) mass is 341 g/mol. The maximum Gasteiger partial charge on any atom is 0.269 e. The summed E-state index contributed by atoms with van der Waals surface area (Å²) in [7, 11) is 0. The SMILES string of the molecule is CCCCCCNC(=O)[C@H](c1ccc([N+](=O)[O-])cc1)c1cccnc1. The molecule has 0 bridgehead atoms. The van der Waals surface area contributed by atoms with E-state index < -0.39 is 10.8 Å². The summed E-state index contributed by atoms with van der Waals surface area (Å²) in [6, 6.07) is 9.73. The molecule has 0 radical (unpaired) electrons. The minimum absolute atomic E-state index is 0.00802. The first-order chi connectivity index (χ1) is 12.1. The Hall–Kier alpha value is -2.76. The highest BCUT2D eigenvalue weighted by molar-refractivity contribution is 5.87. The predicted molar refractivity (Wildman–Crippen MR) is 96.3 cm³/mol. The third kappa shape index (κ3) is 5.38. The minimum atomic E-state index is -0.527. The van der Waals surface area contributed by atoms with Gasteiger partial charge in [-0.3, -0.25) is 19.9 Å². The molecule has 2 rings (SSSR count). The van der Waals surface area contributed by atoms with Gasteiger partial charge in [0.15, 0.2) is 0 Å². The Bertz CT molecular complexity index is 687. The van der Waals surface area contributed by atoms with Crippen molar-refractivity contribution in [2.75, 3.05) is 6.54 Å². The van der Waals surface area contributed by atoms with Gasteiger partial charge in [-0.25, -0.2) is 0 Å². The van der Waals surface area contributed by atoms with E-state index >= 15 is 0 Å². The summed E-state index contributed by atoms with van der Waals surface area (Å²) in [5.74, 6) is -0.640. The highest BCUT2D eigenvalue weighted by Gasteiger charge is 2.23. The molecule has 0 fully saturated rings. The van der Waals surface area contributed by atoms with Gasteiger partial charge in [0.1, 0.15) is 0 Å². The molecule has 6 heteroatoms. The number of nitro benzene ring substituents is 1. The molecular weight excluding hydrogens is 318 g/mol. The van der Waals surface area contributed by atoms with E-state index in [4.69, 9.17) is 0 Å². The number of aromatic nitrogens is 1. The smallest absolute Gasteiger partial charge is 0.269 e. The molecule has 25 heavy (non-hydrogen) atoms. The normalized spacial score (nSPS) is 11.7. The van der Waals surface area contributed by atoms with Gasteiger partial charge in [-0.1, -0.05) is 44.4 Å². The Morgan fingerprint density at radius 1 is 1.16 bits per heavy atom. The van der Waals surface area contributed by atoms with Crippen LogP contribution in [0.2, 0.25) is 0 Å². The summed E-state index contributed by atoms with van der Waals surface area (Å²) in [5.41, 5.74) is 1.49. The lowest BCUT2D eigenvalue weighted by Crippen LogP contribution is -2.31. The molecule has 132 valence electrons. The molecule has 0 aliphatic carbocycles. The number of carbonyl (C=O) groups excluding carboxylic acids is 1. The molecule has 1 atom stereocenters. The van der Waals surface area contributed by atoms with Gasteiger partial charge in [0.05, 0.1) is 10.8 Å². The fourth-order valence-corrected chi connectivity index (χ4v) is 2.70. The lowest BCUT2D eigenvalue weighted by molar-refractivity contribution is -0.384. The number of non-ortho nitro benzene ring substituents is 1. The van der Waals surface area contributed by atoms with Gasteiger partial charge < -0.3 is 5.32 Å². The van der Waals surface area contributed by atoms with Crippen molar-refractivity contribution >= 4 is 11.6 Å². The van der Waals surface area contributed by atoms with E-state index in [1.807, 2.05) is 6.07 Å². The number of rotatable bonds is 9. The van der Waals surface area contributed by atoms with E-state index in [1.54, 1.807) is 30.6 Å². The Labute approximate surface area is 147 Å². The summed E-state index contributed by atoms with van der Waals surface area (Å²) in [4.78, 5) is 27.2. The van der Waals surface area contributed by atoms with Crippen LogP contribution in [0.25, 0.3) is 0 Å². The Kier molecular flexibility index (Phi) is 7.07. The van der Waals surface area contributed by atoms with Crippen molar-refractivity contribution in [2.45, 2.75) is 38.5 Å². The predicted octanol–water partition coefficient (Wildman–Crippen LogP) is 3.82. The fraction of sp³-hybridized carbons (Fsp3) is 0.368. The maximum absolute atomic E-state index is 12.7. The molecule has 1 aromatic heterocycles. The van der Waals surface area contributed by atoms with Crippen molar-refractivity contribution in [3.05, 3.63) is 70.0 Å². The number of benzene rings is 1.